The highest BCUT2D eigenvalue weighted by Crippen LogP contribution is 2.15. The Kier molecular flexibility index (Phi) is 3.94. The number of aldehydes is 1. The number of hydrogen-bond acceptors (Lipinski definition) is 4. The Labute approximate surface area is 109 Å². The predicted molar refractivity (Wildman–Crippen MR) is 67.1 cm³/mol. The minimum atomic E-state index is 0.362. The van der Waals surface area contributed by atoms with Crippen LogP contribution in [-0.4, -0.2) is 27.9 Å². The molecule has 0 saturated heterocycles. The minimum Gasteiger partial charge on any atom is -0.492 e. The highest BCUT2D eigenvalue weighted by Gasteiger charge is 2.06. The average Bonchev–Trinajstić information content (AvgIpc) is 2.73. The van der Waals surface area contributed by atoms with Crippen LogP contribution in [0.4, 0.5) is 0 Å². The molecule has 0 saturated carbocycles. The molecule has 6 heteroatoms. The summed E-state index contributed by atoms with van der Waals surface area (Å²) in [4.78, 5) is 10.6. The van der Waals surface area contributed by atoms with E-state index in [1.54, 1.807) is 35.9 Å². The van der Waals surface area contributed by atoms with Crippen LogP contribution in [0.1, 0.15) is 16.2 Å². The van der Waals surface area contributed by atoms with Crippen molar-refractivity contribution in [3.05, 3.63) is 40.7 Å². The molecule has 0 atom stereocenters. The molecular formula is C12H12ClN3O2. The lowest BCUT2D eigenvalue weighted by Gasteiger charge is -2.06. The standard InChI is InChI=1S/C12H12ClN3O2/c1-9-12(8-17)14-15-16(9)6-7-18-11-4-2-10(13)3-5-11/h2-5,8H,6-7H2,1H3. The second-order valence-electron chi connectivity index (χ2n) is 3.70. The zero-order valence-corrected chi connectivity index (χ0v) is 10.6. The largest absolute Gasteiger partial charge is 0.492 e. The van der Waals surface area contributed by atoms with E-state index in [9.17, 15) is 4.79 Å². The summed E-state index contributed by atoms with van der Waals surface area (Å²) in [5.41, 5.74) is 1.10. The third kappa shape index (κ3) is 2.87. The number of nitrogens with zero attached hydrogens (tertiary/aromatic N) is 3. The van der Waals surface area contributed by atoms with Crippen molar-refractivity contribution in [2.45, 2.75) is 13.5 Å². The fourth-order valence-electron chi connectivity index (χ4n) is 1.48. The second-order valence-corrected chi connectivity index (χ2v) is 4.14. The van der Waals surface area contributed by atoms with Gasteiger partial charge in [0, 0.05) is 5.02 Å². The first-order valence-corrected chi connectivity index (χ1v) is 5.82. The molecule has 18 heavy (non-hydrogen) atoms. The quantitative estimate of drug-likeness (QED) is 0.777. The smallest absolute Gasteiger partial charge is 0.172 e. The van der Waals surface area contributed by atoms with Crippen LogP contribution < -0.4 is 4.74 Å². The van der Waals surface area contributed by atoms with Crippen molar-refractivity contribution < 1.29 is 9.53 Å². The van der Waals surface area contributed by atoms with Crippen LogP contribution in [0.25, 0.3) is 0 Å². The molecule has 2 aromatic rings. The van der Waals surface area contributed by atoms with E-state index in [0.29, 0.717) is 30.2 Å². The maximum Gasteiger partial charge on any atom is 0.172 e. The maximum absolute atomic E-state index is 10.6. The van der Waals surface area contributed by atoms with Gasteiger partial charge in [0.1, 0.15) is 18.1 Å². The van der Waals surface area contributed by atoms with Gasteiger partial charge in [-0.15, -0.1) is 5.10 Å². The lowest BCUT2D eigenvalue weighted by atomic mass is 10.3. The molecule has 94 valence electrons. The number of hydrogen-bond donors (Lipinski definition) is 0. The van der Waals surface area contributed by atoms with Crippen molar-refractivity contribution in [3.8, 4) is 5.75 Å². The van der Waals surface area contributed by atoms with Gasteiger partial charge in [0.25, 0.3) is 0 Å². The van der Waals surface area contributed by atoms with E-state index in [1.807, 2.05) is 0 Å². The zero-order valence-electron chi connectivity index (χ0n) is 9.84. The van der Waals surface area contributed by atoms with Gasteiger partial charge in [-0.25, -0.2) is 4.68 Å². The third-order valence-corrected chi connectivity index (χ3v) is 2.77. The summed E-state index contributed by atoms with van der Waals surface area (Å²) in [7, 11) is 0. The van der Waals surface area contributed by atoms with Crippen molar-refractivity contribution in [2.75, 3.05) is 6.61 Å². The summed E-state index contributed by atoms with van der Waals surface area (Å²) in [6, 6.07) is 7.13. The summed E-state index contributed by atoms with van der Waals surface area (Å²) >= 11 is 5.77. The van der Waals surface area contributed by atoms with Gasteiger partial charge in [0.2, 0.25) is 0 Å². The summed E-state index contributed by atoms with van der Waals surface area (Å²) in [5, 5.41) is 8.28. The fraction of sp³-hybridized carbons (Fsp3) is 0.250. The first-order chi connectivity index (χ1) is 8.70. The van der Waals surface area contributed by atoms with Gasteiger partial charge >= 0.3 is 0 Å². The van der Waals surface area contributed by atoms with Crippen molar-refractivity contribution >= 4 is 17.9 Å². The Hall–Kier alpha value is -1.88. The summed E-state index contributed by atoms with van der Waals surface area (Å²) in [6.07, 6.45) is 0.693. The van der Waals surface area contributed by atoms with Crippen LogP contribution in [0.2, 0.25) is 5.02 Å². The van der Waals surface area contributed by atoms with Gasteiger partial charge in [-0.1, -0.05) is 16.8 Å². The topological polar surface area (TPSA) is 57.0 Å². The van der Waals surface area contributed by atoms with Gasteiger partial charge in [-0.05, 0) is 31.2 Å². The van der Waals surface area contributed by atoms with E-state index in [-0.39, 0.29) is 0 Å². The van der Waals surface area contributed by atoms with Crippen molar-refractivity contribution in [3.63, 3.8) is 0 Å². The lowest BCUT2D eigenvalue weighted by Crippen LogP contribution is -2.11. The van der Waals surface area contributed by atoms with Gasteiger partial charge in [-0.2, -0.15) is 0 Å². The highest BCUT2D eigenvalue weighted by molar-refractivity contribution is 6.30. The molecule has 1 aromatic carbocycles. The number of rotatable bonds is 5. The Morgan fingerprint density at radius 2 is 2.11 bits per heavy atom. The number of carbonyl (C=O) groups is 1. The molecule has 0 unspecified atom stereocenters. The first-order valence-electron chi connectivity index (χ1n) is 5.44. The van der Waals surface area contributed by atoms with Crippen LogP contribution >= 0.6 is 11.6 Å². The monoisotopic (exact) mass is 265 g/mol. The van der Waals surface area contributed by atoms with Crippen LogP contribution in [0.5, 0.6) is 5.75 Å². The molecule has 2 rings (SSSR count). The van der Waals surface area contributed by atoms with E-state index >= 15 is 0 Å². The van der Waals surface area contributed by atoms with Crippen molar-refractivity contribution in [1.29, 1.82) is 0 Å². The number of aromatic nitrogens is 3. The Morgan fingerprint density at radius 3 is 2.72 bits per heavy atom. The van der Waals surface area contributed by atoms with Crippen LogP contribution in [0.15, 0.2) is 24.3 Å². The van der Waals surface area contributed by atoms with E-state index in [2.05, 4.69) is 10.3 Å². The van der Waals surface area contributed by atoms with Gasteiger partial charge < -0.3 is 4.74 Å². The summed E-state index contributed by atoms with van der Waals surface area (Å²) in [6.45, 7) is 2.78. The molecule has 0 N–H and O–H groups in total. The molecule has 1 heterocycles. The van der Waals surface area contributed by atoms with Crippen molar-refractivity contribution in [2.24, 2.45) is 0 Å². The van der Waals surface area contributed by atoms with Crippen molar-refractivity contribution in [1.82, 2.24) is 15.0 Å². The average molecular weight is 266 g/mol. The zero-order chi connectivity index (χ0) is 13.0. The van der Waals surface area contributed by atoms with Gasteiger partial charge in [0.05, 0.1) is 12.2 Å². The van der Waals surface area contributed by atoms with E-state index in [4.69, 9.17) is 16.3 Å². The number of halogens is 1. The SMILES string of the molecule is Cc1c(C=O)nnn1CCOc1ccc(Cl)cc1. The maximum atomic E-state index is 10.6. The van der Waals surface area contributed by atoms with Crippen LogP contribution in [-0.2, 0) is 6.54 Å². The molecule has 0 amide bonds. The molecule has 0 aliphatic carbocycles. The second kappa shape index (κ2) is 5.64. The lowest BCUT2D eigenvalue weighted by molar-refractivity contribution is 0.111. The normalized spacial score (nSPS) is 10.3. The molecule has 0 bridgehead atoms. The number of ether oxygens (including phenoxy) is 1. The third-order valence-electron chi connectivity index (χ3n) is 2.52. The van der Waals surface area contributed by atoms with Crippen LogP contribution in [0.3, 0.4) is 0 Å². The molecule has 0 fully saturated rings. The van der Waals surface area contributed by atoms with Gasteiger partial charge in [-0.3, -0.25) is 4.79 Å². The van der Waals surface area contributed by atoms with E-state index < -0.39 is 0 Å². The predicted octanol–water partition coefficient (Wildman–Crippen LogP) is 2.13. The molecule has 0 radical (unpaired) electrons. The molecule has 0 aliphatic heterocycles. The highest BCUT2D eigenvalue weighted by atomic mass is 35.5. The summed E-state index contributed by atoms with van der Waals surface area (Å²) < 4.78 is 7.17. The number of benzene rings is 1. The molecule has 0 spiro atoms. The molecular weight excluding hydrogens is 254 g/mol. The van der Waals surface area contributed by atoms with Crippen LogP contribution in [0, 0.1) is 6.92 Å². The Balaban J connectivity index is 1.90. The molecule has 1 aromatic heterocycles. The molecule has 5 nitrogen and oxygen atoms in total. The first kappa shape index (κ1) is 12.6. The number of carbonyl (C=O) groups excluding carboxylic acids is 1. The van der Waals surface area contributed by atoms with Gasteiger partial charge in [0.15, 0.2) is 6.29 Å². The Bertz CT molecular complexity index is 537. The van der Waals surface area contributed by atoms with E-state index in [1.165, 1.54) is 0 Å². The minimum absolute atomic E-state index is 0.362. The Morgan fingerprint density at radius 1 is 1.39 bits per heavy atom. The fourth-order valence-corrected chi connectivity index (χ4v) is 1.60. The van der Waals surface area contributed by atoms with E-state index in [0.717, 1.165) is 11.4 Å². The molecule has 0 aliphatic rings. The summed E-state index contributed by atoms with van der Waals surface area (Å²) in [5.74, 6) is 0.743.